The largest absolute Gasteiger partial charge is 0.379 e. The molecule has 0 radical (unpaired) electrons. The second kappa shape index (κ2) is 9.77. The van der Waals surface area contributed by atoms with Gasteiger partial charge in [0, 0.05) is 25.7 Å². The van der Waals surface area contributed by atoms with E-state index in [2.05, 4.69) is 34.9 Å². The van der Waals surface area contributed by atoms with E-state index in [1.807, 2.05) is 6.08 Å². The highest BCUT2D eigenvalue weighted by Gasteiger charge is 2.13. The first-order valence-corrected chi connectivity index (χ1v) is 8.38. The molecular weight excluding hydrogens is 278 g/mol. The molecule has 0 spiro atoms. The average Bonchev–Trinajstić information content (AvgIpc) is 2.99. The number of hydrogen-bond donors (Lipinski definition) is 1. The fraction of sp³-hybridized carbons (Fsp3) is 0.706. The van der Waals surface area contributed by atoms with E-state index < -0.39 is 0 Å². The summed E-state index contributed by atoms with van der Waals surface area (Å²) < 4.78 is 10.8. The molecule has 0 bridgehead atoms. The molecule has 0 amide bonds. The third kappa shape index (κ3) is 5.91. The number of nitrogens with zero attached hydrogens (tertiary/aromatic N) is 2. The van der Waals surface area contributed by atoms with E-state index in [4.69, 9.17) is 9.26 Å². The molecule has 1 fully saturated rings. The monoisotopic (exact) mass is 307 g/mol. The molecule has 1 saturated heterocycles. The first-order valence-electron chi connectivity index (χ1n) is 8.38. The minimum absolute atomic E-state index is 0.735. The maximum absolute atomic E-state index is 5.42. The Bertz CT molecular complexity index is 427. The Morgan fingerprint density at radius 1 is 1.45 bits per heavy atom. The van der Waals surface area contributed by atoms with Crippen LogP contribution in [0, 0.1) is 5.92 Å². The van der Waals surface area contributed by atoms with Gasteiger partial charge in [-0.3, -0.25) is 4.90 Å². The van der Waals surface area contributed by atoms with E-state index in [9.17, 15) is 0 Å². The maximum atomic E-state index is 5.42. The summed E-state index contributed by atoms with van der Waals surface area (Å²) in [5.74, 6) is 1.68. The molecule has 0 saturated carbocycles. The Balaban J connectivity index is 1.65. The molecule has 5 nitrogen and oxygen atoms in total. The molecule has 2 rings (SSSR count). The molecule has 1 N–H and O–H groups in total. The fourth-order valence-electron chi connectivity index (χ4n) is 2.74. The van der Waals surface area contributed by atoms with Crippen LogP contribution in [0.4, 0.5) is 0 Å². The first-order chi connectivity index (χ1) is 10.8. The van der Waals surface area contributed by atoms with Gasteiger partial charge in [-0.25, -0.2) is 0 Å². The van der Waals surface area contributed by atoms with Crippen molar-refractivity contribution in [2.45, 2.75) is 39.3 Å². The van der Waals surface area contributed by atoms with Crippen molar-refractivity contribution in [1.29, 1.82) is 0 Å². The Morgan fingerprint density at radius 2 is 2.27 bits per heavy atom. The zero-order valence-corrected chi connectivity index (χ0v) is 13.7. The molecular formula is C17H29N3O2. The SMILES string of the molecule is C=CCC(CC)CCNCc1cc(CN2CCOCC2)on1. The van der Waals surface area contributed by atoms with Crippen LogP contribution in [0.3, 0.4) is 0 Å². The lowest BCUT2D eigenvalue weighted by Crippen LogP contribution is -2.35. The van der Waals surface area contributed by atoms with Crippen LogP contribution in [-0.4, -0.2) is 42.9 Å². The highest BCUT2D eigenvalue weighted by molar-refractivity contribution is 5.05. The fourth-order valence-corrected chi connectivity index (χ4v) is 2.74. The standard InChI is InChI=1S/C17H29N3O2/c1-3-5-15(4-2)6-7-18-13-16-12-17(22-19-16)14-20-8-10-21-11-9-20/h3,12,15,18H,1,4-11,13-14H2,2H3. The Labute approximate surface area is 133 Å². The third-order valence-corrected chi connectivity index (χ3v) is 4.20. The third-order valence-electron chi connectivity index (χ3n) is 4.20. The summed E-state index contributed by atoms with van der Waals surface area (Å²) in [5.41, 5.74) is 0.986. The molecule has 1 aromatic rings. The summed E-state index contributed by atoms with van der Waals surface area (Å²) in [4.78, 5) is 2.34. The van der Waals surface area contributed by atoms with E-state index in [1.54, 1.807) is 0 Å². The van der Waals surface area contributed by atoms with Crippen molar-refractivity contribution in [3.05, 3.63) is 30.2 Å². The van der Waals surface area contributed by atoms with Gasteiger partial charge in [-0.1, -0.05) is 24.6 Å². The number of hydrogen-bond acceptors (Lipinski definition) is 5. The molecule has 1 aliphatic rings. The second-order valence-corrected chi connectivity index (χ2v) is 5.94. The molecule has 1 atom stereocenters. The van der Waals surface area contributed by atoms with Gasteiger partial charge in [-0.05, 0) is 25.3 Å². The summed E-state index contributed by atoms with van der Waals surface area (Å²) in [5, 5.41) is 7.59. The van der Waals surface area contributed by atoms with Crippen LogP contribution in [0.1, 0.15) is 37.6 Å². The van der Waals surface area contributed by atoms with E-state index in [0.717, 1.165) is 69.7 Å². The molecule has 1 aliphatic heterocycles. The van der Waals surface area contributed by atoms with Crippen molar-refractivity contribution in [2.75, 3.05) is 32.8 Å². The summed E-state index contributed by atoms with van der Waals surface area (Å²) in [6.45, 7) is 12.2. The number of ether oxygens (including phenoxy) is 1. The van der Waals surface area contributed by atoms with Crippen molar-refractivity contribution in [3.8, 4) is 0 Å². The lowest BCUT2D eigenvalue weighted by atomic mass is 9.99. The van der Waals surface area contributed by atoms with Gasteiger partial charge in [0.05, 0.1) is 25.5 Å². The minimum atomic E-state index is 0.735. The Hall–Kier alpha value is -1.17. The van der Waals surface area contributed by atoms with Crippen LogP contribution >= 0.6 is 0 Å². The lowest BCUT2D eigenvalue weighted by molar-refractivity contribution is 0.0305. The van der Waals surface area contributed by atoms with E-state index >= 15 is 0 Å². The maximum Gasteiger partial charge on any atom is 0.151 e. The molecule has 1 unspecified atom stereocenters. The van der Waals surface area contributed by atoms with Crippen LogP contribution in [0.15, 0.2) is 23.2 Å². The minimum Gasteiger partial charge on any atom is -0.379 e. The summed E-state index contributed by atoms with van der Waals surface area (Å²) >= 11 is 0. The summed E-state index contributed by atoms with van der Waals surface area (Å²) in [6, 6.07) is 2.06. The molecule has 22 heavy (non-hydrogen) atoms. The Morgan fingerprint density at radius 3 is 3.00 bits per heavy atom. The summed E-state index contributed by atoms with van der Waals surface area (Å²) in [7, 11) is 0. The smallest absolute Gasteiger partial charge is 0.151 e. The average molecular weight is 307 g/mol. The van der Waals surface area contributed by atoms with Gasteiger partial charge in [0.25, 0.3) is 0 Å². The molecule has 2 heterocycles. The topological polar surface area (TPSA) is 50.5 Å². The molecule has 124 valence electrons. The number of aromatic nitrogens is 1. The van der Waals surface area contributed by atoms with Gasteiger partial charge in [0.15, 0.2) is 5.76 Å². The quantitative estimate of drug-likeness (QED) is 0.532. The molecule has 1 aromatic heterocycles. The number of morpholine rings is 1. The van der Waals surface area contributed by atoms with Gasteiger partial charge in [-0.15, -0.1) is 6.58 Å². The van der Waals surface area contributed by atoms with Crippen LogP contribution in [0.5, 0.6) is 0 Å². The van der Waals surface area contributed by atoms with E-state index in [-0.39, 0.29) is 0 Å². The van der Waals surface area contributed by atoms with Gasteiger partial charge in [0.1, 0.15) is 0 Å². The van der Waals surface area contributed by atoms with Crippen molar-refractivity contribution in [1.82, 2.24) is 15.4 Å². The molecule has 0 aromatic carbocycles. The van der Waals surface area contributed by atoms with Crippen molar-refractivity contribution in [2.24, 2.45) is 5.92 Å². The van der Waals surface area contributed by atoms with Crippen molar-refractivity contribution in [3.63, 3.8) is 0 Å². The van der Waals surface area contributed by atoms with Gasteiger partial charge < -0.3 is 14.6 Å². The first kappa shape index (κ1) is 17.2. The predicted octanol–water partition coefficient (Wildman–Crippen LogP) is 2.59. The zero-order valence-electron chi connectivity index (χ0n) is 13.7. The molecule has 5 heteroatoms. The number of allylic oxidation sites excluding steroid dienone is 1. The predicted molar refractivity (Wildman–Crippen MR) is 87.5 cm³/mol. The second-order valence-electron chi connectivity index (χ2n) is 5.94. The van der Waals surface area contributed by atoms with Crippen LogP contribution in [-0.2, 0) is 17.8 Å². The van der Waals surface area contributed by atoms with E-state index in [1.165, 1.54) is 12.8 Å². The van der Waals surface area contributed by atoms with Crippen LogP contribution < -0.4 is 5.32 Å². The number of rotatable bonds is 10. The summed E-state index contributed by atoms with van der Waals surface area (Å²) in [6.07, 6.45) is 5.51. The van der Waals surface area contributed by atoms with Gasteiger partial charge in [-0.2, -0.15) is 0 Å². The van der Waals surface area contributed by atoms with Crippen molar-refractivity contribution < 1.29 is 9.26 Å². The highest BCUT2D eigenvalue weighted by atomic mass is 16.5. The number of nitrogens with one attached hydrogen (secondary N) is 1. The van der Waals surface area contributed by atoms with Gasteiger partial charge in [0.2, 0.25) is 0 Å². The normalized spacial score (nSPS) is 17.5. The zero-order chi connectivity index (χ0) is 15.6. The van der Waals surface area contributed by atoms with E-state index in [0.29, 0.717) is 0 Å². The van der Waals surface area contributed by atoms with Crippen LogP contribution in [0.2, 0.25) is 0 Å². The van der Waals surface area contributed by atoms with Gasteiger partial charge >= 0.3 is 0 Å². The Kier molecular flexibility index (Phi) is 7.63. The highest BCUT2D eigenvalue weighted by Crippen LogP contribution is 2.13. The lowest BCUT2D eigenvalue weighted by Gasteiger charge is -2.25. The van der Waals surface area contributed by atoms with Crippen molar-refractivity contribution >= 4 is 0 Å². The molecule has 0 aliphatic carbocycles. The van der Waals surface area contributed by atoms with Crippen LogP contribution in [0.25, 0.3) is 0 Å².